The van der Waals surface area contributed by atoms with Crippen LogP contribution < -0.4 is 22.3 Å². The summed E-state index contributed by atoms with van der Waals surface area (Å²) in [7, 11) is 0. The number of quaternary nitrogens is 1. The standard InChI is InChI=1S/C24H30N4O5.BrH/c29-22(24(31,19-10-14-32-16-19)18-5-2-1-3-6-18)33-20-15-28(12-8-17(20)9-13-28)23(30)26-21-7-4-11-25-27-21;/h4,7,10-11,14,16-18,20,31H,1-3,5-6,8-9,12-13,15H2;1H/t17?,20?,24-,28?;/m1./s1. The summed E-state index contributed by atoms with van der Waals surface area (Å²) in [5, 5.41) is 22.3. The number of rotatable bonds is 5. The molecule has 2 aromatic rings. The van der Waals surface area contributed by atoms with Crippen LogP contribution in [-0.4, -0.2) is 57.5 Å². The fourth-order valence-electron chi connectivity index (χ4n) is 5.90. The van der Waals surface area contributed by atoms with Gasteiger partial charge in [0.25, 0.3) is 0 Å². The van der Waals surface area contributed by atoms with Crippen LogP contribution in [0.15, 0.2) is 41.3 Å². The zero-order valence-electron chi connectivity index (χ0n) is 19.1. The van der Waals surface area contributed by atoms with Crippen molar-refractivity contribution in [1.29, 1.82) is 0 Å². The third kappa shape index (κ3) is 4.50. The number of carbonyl (C=O) groups excluding carboxylic acids is 2. The van der Waals surface area contributed by atoms with Crippen molar-refractivity contribution < 1.29 is 45.3 Å². The maximum absolute atomic E-state index is 13.5. The molecule has 5 heterocycles. The van der Waals surface area contributed by atoms with Gasteiger partial charge in [-0.15, -0.1) is 5.10 Å². The number of fused-ring (bicyclic) bond motifs is 3. The van der Waals surface area contributed by atoms with Crippen molar-refractivity contribution >= 4 is 17.8 Å². The number of carbonyl (C=O) groups is 2. The maximum Gasteiger partial charge on any atom is 0.422 e. The van der Waals surface area contributed by atoms with Gasteiger partial charge in [-0.05, 0) is 31.0 Å². The molecule has 184 valence electrons. The number of hydrogen-bond acceptors (Lipinski definition) is 7. The van der Waals surface area contributed by atoms with Crippen LogP contribution in [0.2, 0.25) is 0 Å². The van der Waals surface area contributed by atoms with Crippen molar-refractivity contribution in [1.82, 2.24) is 10.2 Å². The molecule has 0 radical (unpaired) electrons. The van der Waals surface area contributed by atoms with Gasteiger partial charge in [-0.25, -0.2) is 14.1 Å². The highest BCUT2D eigenvalue weighted by atomic mass is 79.9. The Morgan fingerprint density at radius 2 is 1.91 bits per heavy atom. The van der Waals surface area contributed by atoms with Gasteiger partial charge in [-0.2, -0.15) is 5.10 Å². The molecular weight excluding hydrogens is 504 g/mol. The average Bonchev–Trinajstić information content (AvgIpc) is 3.41. The summed E-state index contributed by atoms with van der Waals surface area (Å²) < 4.78 is 11.4. The van der Waals surface area contributed by atoms with Crippen LogP contribution in [0.25, 0.3) is 0 Å². The minimum atomic E-state index is -1.73. The zero-order valence-corrected chi connectivity index (χ0v) is 20.7. The van der Waals surface area contributed by atoms with Crippen molar-refractivity contribution in [3.63, 3.8) is 0 Å². The number of furan rings is 1. The van der Waals surface area contributed by atoms with E-state index >= 15 is 0 Å². The highest BCUT2D eigenvalue weighted by molar-refractivity contribution is 5.83. The number of urea groups is 1. The number of esters is 1. The first-order valence-corrected chi connectivity index (χ1v) is 11.9. The predicted molar refractivity (Wildman–Crippen MR) is 118 cm³/mol. The summed E-state index contributed by atoms with van der Waals surface area (Å²) in [5.41, 5.74) is -1.28. The van der Waals surface area contributed by atoms with Gasteiger partial charge in [0, 0.05) is 36.4 Å². The third-order valence-corrected chi connectivity index (χ3v) is 7.88. The van der Waals surface area contributed by atoms with E-state index in [4.69, 9.17) is 9.15 Å². The first-order valence-electron chi connectivity index (χ1n) is 11.9. The number of amides is 2. The summed E-state index contributed by atoms with van der Waals surface area (Å²) in [6.07, 6.45) is 10.2. The summed E-state index contributed by atoms with van der Waals surface area (Å²) in [6, 6.07) is 4.91. The van der Waals surface area contributed by atoms with E-state index in [0.717, 1.165) is 44.9 Å². The van der Waals surface area contributed by atoms with Gasteiger partial charge in [0.2, 0.25) is 0 Å². The maximum atomic E-state index is 13.5. The SMILES string of the molecule is O=C(OC1C[N+]2(C(=O)Nc3cccnn3)CCC1CC2)[C@](O)(c1ccoc1)C1CCCCC1.[Br-]. The molecule has 2 N–H and O–H groups in total. The van der Waals surface area contributed by atoms with Gasteiger partial charge in [0.1, 0.15) is 6.54 Å². The number of halogens is 1. The smallest absolute Gasteiger partial charge is 0.422 e. The molecule has 2 aromatic heterocycles. The number of piperidine rings is 3. The molecule has 2 amide bonds. The Labute approximate surface area is 209 Å². The monoisotopic (exact) mass is 534 g/mol. The third-order valence-electron chi connectivity index (χ3n) is 7.88. The molecule has 0 aromatic carbocycles. The Morgan fingerprint density at radius 1 is 1.15 bits per heavy atom. The minimum absolute atomic E-state index is 0. The van der Waals surface area contributed by atoms with Crippen molar-refractivity contribution in [2.75, 3.05) is 25.0 Å². The molecule has 3 aliphatic heterocycles. The summed E-state index contributed by atoms with van der Waals surface area (Å²) in [6.45, 7) is 1.79. The minimum Gasteiger partial charge on any atom is -1.00 e. The molecule has 2 atom stereocenters. The van der Waals surface area contributed by atoms with Gasteiger partial charge in [0.05, 0.1) is 25.6 Å². The highest BCUT2D eigenvalue weighted by Gasteiger charge is 2.55. The van der Waals surface area contributed by atoms with E-state index in [0.29, 0.717) is 31.0 Å². The topological polar surface area (TPSA) is 115 Å². The summed E-state index contributed by atoms with van der Waals surface area (Å²) in [4.78, 5) is 26.7. The van der Waals surface area contributed by atoms with Gasteiger partial charge >= 0.3 is 12.0 Å². The summed E-state index contributed by atoms with van der Waals surface area (Å²) >= 11 is 0. The van der Waals surface area contributed by atoms with Gasteiger partial charge in [0.15, 0.2) is 17.5 Å². The number of aliphatic hydroxyl groups is 1. The molecule has 0 spiro atoms. The van der Waals surface area contributed by atoms with Crippen LogP contribution in [0.1, 0.15) is 50.5 Å². The molecule has 4 fully saturated rings. The van der Waals surface area contributed by atoms with Crippen LogP contribution in [0.3, 0.4) is 0 Å². The average molecular weight is 535 g/mol. The second kappa shape index (κ2) is 10.1. The normalized spacial score (nSPS) is 28.4. The fraction of sp³-hybridized carbons (Fsp3) is 0.583. The van der Waals surface area contributed by atoms with Gasteiger partial charge in [-0.1, -0.05) is 19.3 Å². The molecule has 3 saturated heterocycles. The van der Waals surface area contributed by atoms with E-state index < -0.39 is 17.7 Å². The molecule has 2 bridgehead atoms. The van der Waals surface area contributed by atoms with Crippen molar-refractivity contribution in [2.24, 2.45) is 11.8 Å². The van der Waals surface area contributed by atoms with Crippen molar-refractivity contribution in [3.05, 3.63) is 42.5 Å². The van der Waals surface area contributed by atoms with Crippen LogP contribution in [-0.2, 0) is 15.1 Å². The second-order valence-electron chi connectivity index (χ2n) is 9.71. The number of aromatic nitrogens is 2. The van der Waals surface area contributed by atoms with Crippen molar-refractivity contribution in [2.45, 2.75) is 56.7 Å². The van der Waals surface area contributed by atoms with Gasteiger partial charge in [-0.3, -0.25) is 5.32 Å². The molecule has 1 aliphatic carbocycles. The van der Waals surface area contributed by atoms with E-state index in [1.807, 2.05) is 0 Å². The molecule has 1 saturated carbocycles. The Kier molecular flexibility index (Phi) is 7.39. The molecule has 9 nitrogen and oxygen atoms in total. The first-order chi connectivity index (χ1) is 16.0. The lowest BCUT2D eigenvalue weighted by Crippen LogP contribution is -3.00. The second-order valence-corrected chi connectivity index (χ2v) is 9.71. The number of nitrogens with zero attached hydrogens (tertiary/aromatic N) is 3. The molecule has 10 heteroatoms. The Balaban J connectivity index is 0.00000274. The van der Waals surface area contributed by atoms with Gasteiger partial charge < -0.3 is 31.2 Å². The number of ether oxygens (including phenoxy) is 1. The Morgan fingerprint density at radius 3 is 2.56 bits per heavy atom. The van der Waals surface area contributed by atoms with Crippen LogP contribution in [0.4, 0.5) is 10.6 Å². The Hall–Kier alpha value is -2.30. The molecule has 1 unspecified atom stereocenters. The van der Waals surface area contributed by atoms with E-state index in [9.17, 15) is 14.7 Å². The Bertz CT molecular complexity index is 975. The highest BCUT2D eigenvalue weighted by Crippen LogP contribution is 2.42. The van der Waals surface area contributed by atoms with Crippen molar-refractivity contribution in [3.8, 4) is 0 Å². The molecule has 4 aliphatic rings. The predicted octanol–water partition coefficient (Wildman–Crippen LogP) is 0.226. The lowest BCUT2D eigenvalue weighted by molar-refractivity contribution is -0.869. The lowest BCUT2D eigenvalue weighted by Gasteiger charge is -2.50. The lowest BCUT2D eigenvalue weighted by atomic mass is 9.74. The largest absolute Gasteiger partial charge is 1.00 e. The number of nitrogens with one attached hydrogen (secondary N) is 1. The van der Waals surface area contributed by atoms with E-state index in [1.165, 1.54) is 12.5 Å². The molecule has 34 heavy (non-hydrogen) atoms. The number of anilines is 1. The molecular formula is C24H31BrN4O5. The quantitative estimate of drug-likeness (QED) is 0.416. The van der Waals surface area contributed by atoms with Crippen LogP contribution in [0, 0.1) is 11.8 Å². The zero-order chi connectivity index (χ0) is 22.9. The van der Waals surface area contributed by atoms with E-state index in [-0.39, 0.29) is 39.3 Å². The number of hydrogen-bond donors (Lipinski definition) is 2. The fourth-order valence-corrected chi connectivity index (χ4v) is 5.90. The van der Waals surface area contributed by atoms with Crippen LogP contribution >= 0.6 is 0 Å². The van der Waals surface area contributed by atoms with E-state index in [2.05, 4.69) is 15.5 Å². The van der Waals surface area contributed by atoms with Crippen LogP contribution in [0.5, 0.6) is 0 Å². The molecule has 6 rings (SSSR count). The first kappa shape index (κ1) is 24.8. The van der Waals surface area contributed by atoms with E-state index in [1.54, 1.807) is 24.4 Å². The summed E-state index contributed by atoms with van der Waals surface area (Å²) in [5.74, 6) is -0.233.